The molecule has 2 amide bonds. The highest BCUT2D eigenvalue weighted by Crippen LogP contribution is 2.19. The maximum atomic E-state index is 12.2. The lowest BCUT2D eigenvalue weighted by atomic mass is 10.2. The molecule has 2 rings (SSSR count). The quantitative estimate of drug-likeness (QED) is 0.915. The number of nitrogens with zero attached hydrogens (tertiary/aromatic N) is 3. The number of nitrogens with one attached hydrogen (secondary N) is 1. The van der Waals surface area contributed by atoms with Gasteiger partial charge in [-0.1, -0.05) is 18.2 Å². The molecule has 5 nitrogen and oxygen atoms in total. The van der Waals surface area contributed by atoms with Gasteiger partial charge in [-0.15, -0.1) is 0 Å². The predicted octanol–water partition coefficient (Wildman–Crippen LogP) is 3.10. The van der Waals surface area contributed by atoms with Gasteiger partial charge in [-0.25, -0.2) is 4.79 Å². The summed E-state index contributed by atoms with van der Waals surface area (Å²) >= 11 is 0. The molecule has 2 aromatic carbocycles. The van der Waals surface area contributed by atoms with E-state index < -0.39 is 0 Å². The maximum absolute atomic E-state index is 12.2. The molecule has 2 aromatic rings. The number of hydrogen-bond donors (Lipinski definition) is 1. The van der Waals surface area contributed by atoms with Gasteiger partial charge in [0.15, 0.2) is 0 Å². The summed E-state index contributed by atoms with van der Waals surface area (Å²) in [5, 5.41) is 20.6. The summed E-state index contributed by atoms with van der Waals surface area (Å²) in [4.78, 5) is 13.6. The lowest BCUT2D eigenvalue weighted by Crippen LogP contribution is -2.31. The number of amides is 2. The van der Waals surface area contributed by atoms with Crippen LogP contribution in [0.3, 0.4) is 0 Å². The second kappa shape index (κ2) is 6.23. The van der Waals surface area contributed by atoms with Gasteiger partial charge in [0.25, 0.3) is 0 Å². The van der Waals surface area contributed by atoms with Gasteiger partial charge in [0.05, 0.1) is 22.9 Å². The molecule has 0 aliphatic heterocycles. The van der Waals surface area contributed by atoms with E-state index in [1.165, 1.54) is 4.90 Å². The number of nitriles is 2. The van der Waals surface area contributed by atoms with E-state index in [0.29, 0.717) is 22.5 Å². The lowest BCUT2D eigenvalue weighted by molar-refractivity contribution is 0.258. The largest absolute Gasteiger partial charge is 0.326 e. The summed E-state index contributed by atoms with van der Waals surface area (Å²) in [6, 6.07) is 17.2. The Hall–Kier alpha value is -3.31. The molecule has 0 aliphatic rings. The Labute approximate surface area is 122 Å². The van der Waals surface area contributed by atoms with Crippen LogP contribution in [0.15, 0.2) is 48.5 Å². The minimum Gasteiger partial charge on any atom is -0.308 e. The number of anilines is 2. The Kier molecular flexibility index (Phi) is 4.18. The summed E-state index contributed by atoms with van der Waals surface area (Å²) in [6.45, 7) is 0. The van der Waals surface area contributed by atoms with Crippen LogP contribution in [0.4, 0.5) is 16.2 Å². The molecule has 5 heteroatoms. The number of carbonyl (C=O) groups is 1. The molecule has 102 valence electrons. The van der Waals surface area contributed by atoms with Crippen molar-refractivity contribution in [3.05, 3.63) is 59.7 Å². The highest BCUT2D eigenvalue weighted by atomic mass is 16.2. The molecule has 0 heterocycles. The summed E-state index contributed by atoms with van der Waals surface area (Å²) in [5.74, 6) is 0. The van der Waals surface area contributed by atoms with E-state index in [-0.39, 0.29) is 6.03 Å². The fourth-order valence-corrected chi connectivity index (χ4v) is 1.84. The van der Waals surface area contributed by atoms with Crippen LogP contribution in [0.5, 0.6) is 0 Å². The lowest BCUT2D eigenvalue weighted by Gasteiger charge is -2.19. The Morgan fingerprint density at radius 1 is 1.10 bits per heavy atom. The molecule has 0 atom stereocenters. The molecule has 0 aromatic heterocycles. The molecule has 0 fully saturated rings. The molecule has 0 unspecified atom stereocenters. The second-order valence-corrected chi connectivity index (χ2v) is 4.31. The third-order valence-corrected chi connectivity index (χ3v) is 2.93. The number of para-hydroxylation sites is 1. The smallest absolute Gasteiger partial charge is 0.308 e. The summed E-state index contributed by atoms with van der Waals surface area (Å²) in [5.41, 5.74) is 1.93. The monoisotopic (exact) mass is 276 g/mol. The van der Waals surface area contributed by atoms with Crippen LogP contribution in [0.2, 0.25) is 0 Å². The van der Waals surface area contributed by atoms with Crippen molar-refractivity contribution in [2.45, 2.75) is 0 Å². The van der Waals surface area contributed by atoms with Crippen molar-refractivity contribution in [3.63, 3.8) is 0 Å². The molecule has 0 saturated carbocycles. The molecule has 0 bridgehead atoms. The van der Waals surface area contributed by atoms with E-state index in [2.05, 4.69) is 5.32 Å². The molecule has 0 spiro atoms. The molecule has 0 aliphatic carbocycles. The standard InChI is InChI=1S/C16H12N4O/c1-20(15-8-3-2-6-13(15)11-18)16(21)19-14-7-4-5-12(9-14)10-17/h2-9H,1H3,(H,19,21). The number of urea groups is 1. The van der Waals surface area contributed by atoms with E-state index in [1.54, 1.807) is 55.6 Å². The van der Waals surface area contributed by atoms with Gasteiger partial charge in [0.1, 0.15) is 6.07 Å². The Bertz CT molecular complexity index is 755. The van der Waals surface area contributed by atoms with Gasteiger partial charge in [0.2, 0.25) is 0 Å². The molecular weight excluding hydrogens is 264 g/mol. The minimum atomic E-state index is -0.382. The predicted molar refractivity (Wildman–Crippen MR) is 79.7 cm³/mol. The number of benzene rings is 2. The van der Waals surface area contributed by atoms with Crippen LogP contribution in [-0.4, -0.2) is 13.1 Å². The van der Waals surface area contributed by atoms with Crippen LogP contribution < -0.4 is 10.2 Å². The van der Waals surface area contributed by atoms with E-state index in [0.717, 1.165) is 0 Å². The minimum absolute atomic E-state index is 0.382. The van der Waals surface area contributed by atoms with Gasteiger partial charge in [0, 0.05) is 12.7 Å². The van der Waals surface area contributed by atoms with Crippen LogP contribution >= 0.6 is 0 Å². The van der Waals surface area contributed by atoms with E-state index in [1.807, 2.05) is 12.1 Å². The Balaban J connectivity index is 2.20. The first-order chi connectivity index (χ1) is 10.2. The highest BCUT2D eigenvalue weighted by Gasteiger charge is 2.14. The van der Waals surface area contributed by atoms with E-state index >= 15 is 0 Å². The zero-order valence-electron chi connectivity index (χ0n) is 11.4. The first-order valence-corrected chi connectivity index (χ1v) is 6.19. The normalized spacial score (nSPS) is 9.29. The van der Waals surface area contributed by atoms with Gasteiger partial charge in [-0.3, -0.25) is 4.90 Å². The van der Waals surface area contributed by atoms with Crippen LogP contribution in [0.25, 0.3) is 0 Å². The first-order valence-electron chi connectivity index (χ1n) is 6.19. The van der Waals surface area contributed by atoms with Crippen molar-refractivity contribution in [3.8, 4) is 12.1 Å². The van der Waals surface area contributed by atoms with Gasteiger partial charge in [-0.05, 0) is 30.3 Å². The van der Waals surface area contributed by atoms with Gasteiger partial charge in [-0.2, -0.15) is 10.5 Å². The Morgan fingerprint density at radius 3 is 2.57 bits per heavy atom. The van der Waals surface area contributed by atoms with Crippen molar-refractivity contribution in [1.82, 2.24) is 0 Å². The number of rotatable bonds is 2. The fourth-order valence-electron chi connectivity index (χ4n) is 1.84. The summed E-state index contributed by atoms with van der Waals surface area (Å²) in [7, 11) is 1.58. The van der Waals surface area contributed by atoms with Crippen LogP contribution in [-0.2, 0) is 0 Å². The van der Waals surface area contributed by atoms with Crippen LogP contribution in [0, 0.1) is 22.7 Å². The summed E-state index contributed by atoms with van der Waals surface area (Å²) < 4.78 is 0. The van der Waals surface area contributed by atoms with Crippen molar-refractivity contribution >= 4 is 17.4 Å². The third-order valence-electron chi connectivity index (χ3n) is 2.93. The molecule has 1 N–H and O–H groups in total. The fraction of sp³-hybridized carbons (Fsp3) is 0.0625. The van der Waals surface area contributed by atoms with Gasteiger partial charge >= 0.3 is 6.03 Å². The second-order valence-electron chi connectivity index (χ2n) is 4.31. The highest BCUT2D eigenvalue weighted by molar-refractivity contribution is 6.02. The van der Waals surface area contributed by atoms with Crippen LogP contribution in [0.1, 0.15) is 11.1 Å². The zero-order valence-corrected chi connectivity index (χ0v) is 11.4. The zero-order chi connectivity index (χ0) is 15.2. The van der Waals surface area contributed by atoms with E-state index in [4.69, 9.17) is 10.5 Å². The molecular formula is C16H12N4O. The SMILES string of the molecule is CN(C(=O)Nc1cccc(C#N)c1)c1ccccc1C#N. The topological polar surface area (TPSA) is 79.9 Å². The van der Waals surface area contributed by atoms with Gasteiger partial charge < -0.3 is 5.32 Å². The van der Waals surface area contributed by atoms with Crippen molar-refractivity contribution in [2.75, 3.05) is 17.3 Å². The molecule has 0 saturated heterocycles. The third kappa shape index (κ3) is 3.17. The average Bonchev–Trinajstić information content (AvgIpc) is 2.54. The molecule has 0 radical (unpaired) electrons. The first kappa shape index (κ1) is 14.1. The maximum Gasteiger partial charge on any atom is 0.326 e. The van der Waals surface area contributed by atoms with Crippen molar-refractivity contribution in [2.24, 2.45) is 0 Å². The van der Waals surface area contributed by atoms with Crippen molar-refractivity contribution < 1.29 is 4.79 Å². The Morgan fingerprint density at radius 2 is 1.86 bits per heavy atom. The summed E-state index contributed by atoms with van der Waals surface area (Å²) in [6.07, 6.45) is 0. The van der Waals surface area contributed by atoms with Crippen molar-refractivity contribution in [1.29, 1.82) is 10.5 Å². The average molecular weight is 276 g/mol. The molecule has 21 heavy (non-hydrogen) atoms. The number of hydrogen-bond acceptors (Lipinski definition) is 3. The number of carbonyl (C=O) groups excluding carboxylic acids is 1. The van der Waals surface area contributed by atoms with E-state index in [9.17, 15) is 4.79 Å².